The average Bonchev–Trinajstić information content (AvgIpc) is 2.18. The van der Waals surface area contributed by atoms with Crippen molar-refractivity contribution in [2.75, 3.05) is 14.2 Å². The third-order valence-corrected chi connectivity index (χ3v) is 1.87. The highest BCUT2D eigenvalue weighted by Crippen LogP contribution is 2.23. The number of benzene rings is 1. The number of hydrogen-bond acceptors (Lipinski definition) is 2. The summed E-state index contributed by atoms with van der Waals surface area (Å²) in [5, 5.41) is 0. The van der Waals surface area contributed by atoms with E-state index in [-0.39, 0.29) is 0 Å². The van der Waals surface area contributed by atoms with Gasteiger partial charge in [0.25, 0.3) is 0 Å². The van der Waals surface area contributed by atoms with E-state index in [9.17, 15) is 0 Å². The highest BCUT2D eigenvalue weighted by Gasteiger charge is 2.24. The van der Waals surface area contributed by atoms with Crippen LogP contribution in [0.5, 0.6) is 0 Å². The van der Waals surface area contributed by atoms with E-state index in [1.807, 2.05) is 30.3 Å². The van der Waals surface area contributed by atoms with Crippen LogP contribution >= 0.6 is 0 Å². The molecule has 0 unspecified atom stereocenters. The third-order valence-electron chi connectivity index (χ3n) is 1.87. The van der Waals surface area contributed by atoms with Gasteiger partial charge in [-0.3, -0.25) is 0 Å². The van der Waals surface area contributed by atoms with Crippen LogP contribution in [0.3, 0.4) is 0 Å². The molecule has 0 aromatic heterocycles. The van der Waals surface area contributed by atoms with Crippen LogP contribution in [0.4, 0.5) is 0 Å². The zero-order valence-electron chi connectivity index (χ0n) is 7.41. The van der Waals surface area contributed by atoms with Crippen LogP contribution in [0.1, 0.15) is 5.56 Å². The molecule has 0 atom stereocenters. The normalized spacial score (nSPS) is 11.6. The Morgan fingerprint density at radius 2 is 1.58 bits per heavy atom. The smallest absolute Gasteiger partial charge is 0.194 e. The predicted octanol–water partition coefficient (Wildman–Crippen LogP) is 1.97. The molecule has 0 bridgehead atoms. The zero-order chi connectivity index (χ0) is 9.03. The second-order valence-corrected chi connectivity index (χ2v) is 2.53. The summed E-state index contributed by atoms with van der Waals surface area (Å²) in [6.45, 7) is 3.83. The van der Waals surface area contributed by atoms with Crippen LogP contribution in [0.2, 0.25) is 0 Å². The molecule has 0 amide bonds. The minimum Gasteiger partial charge on any atom is -0.349 e. The van der Waals surface area contributed by atoms with E-state index < -0.39 is 5.79 Å². The molecule has 2 heteroatoms. The first-order valence-electron chi connectivity index (χ1n) is 3.74. The Morgan fingerprint density at radius 3 is 2.00 bits per heavy atom. The molecule has 12 heavy (non-hydrogen) atoms. The van der Waals surface area contributed by atoms with Gasteiger partial charge < -0.3 is 9.47 Å². The van der Waals surface area contributed by atoms with Crippen molar-refractivity contribution in [2.24, 2.45) is 0 Å². The Hall–Kier alpha value is -0.860. The first-order chi connectivity index (χ1) is 5.73. The van der Waals surface area contributed by atoms with E-state index in [1.165, 1.54) is 0 Å². The standard InChI is InChI=1S/C10H13O2/c1-10(11-2,12-3)9-7-5-4-6-8-9/h4-8H,1H2,2-3H3. The van der Waals surface area contributed by atoms with Crippen molar-refractivity contribution >= 4 is 0 Å². The van der Waals surface area contributed by atoms with Gasteiger partial charge in [-0.25, -0.2) is 0 Å². The van der Waals surface area contributed by atoms with E-state index in [0.29, 0.717) is 0 Å². The lowest BCUT2D eigenvalue weighted by molar-refractivity contribution is -0.180. The van der Waals surface area contributed by atoms with E-state index in [1.54, 1.807) is 14.2 Å². The summed E-state index contributed by atoms with van der Waals surface area (Å²) in [5.74, 6) is -0.874. The zero-order valence-corrected chi connectivity index (χ0v) is 7.41. The van der Waals surface area contributed by atoms with Crippen LogP contribution in [-0.4, -0.2) is 14.2 Å². The van der Waals surface area contributed by atoms with Crippen molar-refractivity contribution in [2.45, 2.75) is 5.79 Å². The second-order valence-electron chi connectivity index (χ2n) is 2.53. The van der Waals surface area contributed by atoms with Crippen LogP contribution in [0.25, 0.3) is 0 Å². The molecule has 0 aliphatic heterocycles. The molecule has 0 aliphatic rings. The number of methoxy groups -OCH3 is 2. The van der Waals surface area contributed by atoms with Crippen molar-refractivity contribution in [3.8, 4) is 0 Å². The summed E-state index contributed by atoms with van der Waals surface area (Å²) < 4.78 is 10.3. The third kappa shape index (κ3) is 1.65. The Labute approximate surface area is 73.1 Å². The van der Waals surface area contributed by atoms with Gasteiger partial charge >= 0.3 is 0 Å². The lowest BCUT2D eigenvalue weighted by Crippen LogP contribution is -2.26. The number of ether oxygens (including phenoxy) is 2. The fraction of sp³-hybridized carbons (Fsp3) is 0.300. The summed E-state index contributed by atoms with van der Waals surface area (Å²) in [5.41, 5.74) is 0.912. The Morgan fingerprint density at radius 1 is 1.08 bits per heavy atom. The van der Waals surface area contributed by atoms with Crippen LogP contribution < -0.4 is 0 Å². The van der Waals surface area contributed by atoms with Crippen molar-refractivity contribution in [1.29, 1.82) is 0 Å². The second kappa shape index (κ2) is 3.70. The highest BCUT2D eigenvalue weighted by atomic mass is 16.7. The molecule has 0 saturated heterocycles. The quantitative estimate of drug-likeness (QED) is 0.637. The fourth-order valence-electron chi connectivity index (χ4n) is 1.01. The van der Waals surface area contributed by atoms with E-state index >= 15 is 0 Å². The lowest BCUT2D eigenvalue weighted by Gasteiger charge is -2.26. The Bertz CT molecular complexity index is 227. The summed E-state index contributed by atoms with van der Waals surface area (Å²) in [6, 6.07) is 9.62. The van der Waals surface area contributed by atoms with Gasteiger partial charge in [0.05, 0.1) is 0 Å². The maximum atomic E-state index is 5.14. The van der Waals surface area contributed by atoms with Crippen LogP contribution in [0.15, 0.2) is 30.3 Å². The van der Waals surface area contributed by atoms with Gasteiger partial charge in [0, 0.05) is 26.7 Å². The van der Waals surface area contributed by atoms with Crippen LogP contribution in [-0.2, 0) is 15.3 Å². The van der Waals surface area contributed by atoms with Crippen molar-refractivity contribution in [1.82, 2.24) is 0 Å². The Kier molecular flexibility index (Phi) is 2.84. The van der Waals surface area contributed by atoms with Crippen molar-refractivity contribution in [3.63, 3.8) is 0 Å². The van der Waals surface area contributed by atoms with Crippen molar-refractivity contribution < 1.29 is 9.47 Å². The highest BCUT2D eigenvalue weighted by molar-refractivity contribution is 5.21. The molecular formula is C10H13O2. The summed E-state index contributed by atoms with van der Waals surface area (Å²) in [4.78, 5) is 0. The molecule has 2 nitrogen and oxygen atoms in total. The minimum atomic E-state index is -0.874. The minimum absolute atomic E-state index is 0.874. The SMILES string of the molecule is [CH2]C(OC)(OC)c1ccccc1. The van der Waals surface area contributed by atoms with Gasteiger partial charge in [-0.1, -0.05) is 30.3 Å². The van der Waals surface area contributed by atoms with E-state index in [4.69, 9.17) is 9.47 Å². The van der Waals surface area contributed by atoms with Gasteiger partial charge in [-0.2, -0.15) is 0 Å². The Balaban J connectivity index is 2.95. The molecule has 0 spiro atoms. The molecule has 0 aliphatic carbocycles. The molecule has 0 fully saturated rings. The largest absolute Gasteiger partial charge is 0.349 e. The van der Waals surface area contributed by atoms with Crippen molar-refractivity contribution in [3.05, 3.63) is 42.8 Å². The first kappa shape index (κ1) is 9.23. The first-order valence-corrected chi connectivity index (χ1v) is 3.74. The molecular weight excluding hydrogens is 152 g/mol. The lowest BCUT2D eigenvalue weighted by atomic mass is 10.1. The maximum absolute atomic E-state index is 5.14. The molecule has 65 valence electrons. The number of hydrogen-bond donors (Lipinski definition) is 0. The summed E-state index contributed by atoms with van der Waals surface area (Å²) in [6.07, 6.45) is 0. The van der Waals surface area contributed by atoms with Crippen LogP contribution in [0, 0.1) is 6.92 Å². The monoisotopic (exact) mass is 165 g/mol. The predicted molar refractivity (Wildman–Crippen MR) is 47.5 cm³/mol. The van der Waals surface area contributed by atoms with Gasteiger partial charge in [-0.15, -0.1) is 0 Å². The average molecular weight is 165 g/mol. The molecule has 0 N–H and O–H groups in total. The van der Waals surface area contributed by atoms with Gasteiger partial charge in [0.15, 0.2) is 5.79 Å². The molecule has 1 aromatic rings. The molecule has 1 radical (unpaired) electrons. The number of rotatable bonds is 3. The summed E-state index contributed by atoms with van der Waals surface area (Å²) in [7, 11) is 3.15. The molecule has 1 aromatic carbocycles. The van der Waals surface area contributed by atoms with E-state index in [0.717, 1.165) is 5.56 Å². The van der Waals surface area contributed by atoms with Gasteiger partial charge in [0.1, 0.15) is 0 Å². The molecule has 1 rings (SSSR count). The van der Waals surface area contributed by atoms with E-state index in [2.05, 4.69) is 6.92 Å². The van der Waals surface area contributed by atoms with Gasteiger partial charge in [0.2, 0.25) is 0 Å². The molecule has 0 saturated carbocycles. The maximum Gasteiger partial charge on any atom is 0.194 e. The molecule has 0 heterocycles. The summed E-state index contributed by atoms with van der Waals surface area (Å²) >= 11 is 0. The fourth-order valence-corrected chi connectivity index (χ4v) is 1.01. The topological polar surface area (TPSA) is 18.5 Å². The van der Waals surface area contributed by atoms with Gasteiger partial charge in [-0.05, 0) is 0 Å².